The van der Waals surface area contributed by atoms with Crippen LogP contribution in [0.2, 0.25) is 0 Å². The Hall–Kier alpha value is -3.94. The van der Waals surface area contributed by atoms with Crippen LogP contribution in [0, 0.1) is 17.7 Å². The third-order valence-electron chi connectivity index (χ3n) is 9.46. The summed E-state index contributed by atoms with van der Waals surface area (Å²) in [5.74, 6) is -3.62. The molecule has 2 aliphatic rings. The lowest BCUT2D eigenvalue weighted by Gasteiger charge is -2.40. The van der Waals surface area contributed by atoms with E-state index in [-0.39, 0.29) is 29.2 Å². The van der Waals surface area contributed by atoms with Crippen LogP contribution in [0.15, 0.2) is 22.8 Å². The summed E-state index contributed by atoms with van der Waals surface area (Å²) >= 11 is 0. The molecule has 2 heterocycles. The Kier molecular flexibility index (Phi) is 11.8. The summed E-state index contributed by atoms with van der Waals surface area (Å²) < 4.78 is 33.5. The van der Waals surface area contributed by atoms with E-state index >= 15 is 4.39 Å². The predicted molar refractivity (Wildman–Crippen MR) is 166 cm³/mol. The van der Waals surface area contributed by atoms with E-state index in [2.05, 4.69) is 38.1 Å². The first-order chi connectivity index (χ1) is 21.9. The fraction of sp³-hybridized carbons (Fsp3) is 0.625. The van der Waals surface area contributed by atoms with Gasteiger partial charge >= 0.3 is 0 Å². The molecule has 0 spiro atoms. The van der Waals surface area contributed by atoms with Crippen molar-refractivity contribution in [3.8, 4) is 0 Å². The summed E-state index contributed by atoms with van der Waals surface area (Å²) in [6.07, 6.45) is 3.62. The van der Waals surface area contributed by atoms with Crippen molar-refractivity contribution in [2.45, 2.75) is 83.8 Å². The fourth-order valence-electron chi connectivity index (χ4n) is 6.21. The zero-order chi connectivity index (χ0) is 33.5. The number of carbonyl (C=O) groups excluding carboxylic acids is 4. The molecule has 1 aromatic heterocycles. The number of anilines is 1. The molecule has 0 radical (unpaired) electrons. The quantitative estimate of drug-likeness (QED) is 0.338. The van der Waals surface area contributed by atoms with Gasteiger partial charge in [0.2, 0.25) is 11.8 Å². The molecule has 2 fully saturated rings. The molecule has 46 heavy (non-hydrogen) atoms. The van der Waals surface area contributed by atoms with E-state index < -0.39 is 48.2 Å². The van der Waals surface area contributed by atoms with Crippen molar-refractivity contribution in [3.05, 3.63) is 41.0 Å². The van der Waals surface area contributed by atoms with E-state index in [0.717, 1.165) is 12.8 Å². The normalized spacial score (nSPS) is 22.4. The van der Waals surface area contributed by atoms with E-state index in [9.17, 15) is 23.6 Å². The predicted octanol–water partition coefficient (Wildman–Crippen LogP) is 3.05. The summed E-state index contributed by atoms with van der Waals surface area (Å²) in [6.45, 7) is 7.82. The Balaban J connectivity index is 1.52. The van der Waals surface area contributed by atoms with Gasteiger partial charge in [-0.2, -0.15) is 0 Å². The highest BCUT2D eigenvalue weighted by Gasteiger charge is 2.36. The molecule has 1 aromatic carbocycles. The zero-order valence-corrected chi connectivity index (χ0v) is 27.1. The van der Waals surface area contributed by atoms with Gasteiger partial charge in [-0.1, -0.05) is 44.8 Å². The number of nitrogens with zero attached hydrogens (tertiary/aromatic N) is 4. The molecule has 4 rings (SSSR count). The van der Waals surface area contributed by atoms with Crippen LogP contribution in [0.4, 0.5) is 14.5 Å². The Morgan fingerprint density at radius 1 is 1.07 bits per heavy atom. The number of hydrogen-bond acceptors (Lipinski definition) is 8. The first-order valence-electron chi connectivity index (χ1n) is 16.0. The highest BCUT2D eigenvalue weighted by Crippen LogP contribution is 2.32. The minimum absolute atomic E-state index is 0.00369. The summed E-state index contributed by atoms with van der Waals surface area (Å²) in [6, 6.07) is 2.16. The van der Waals surface area contributed by atoms with Crippen molar-refractivity contribution in [1.29, 1.82) is 0 Å². The third-order valence-corrected chi connectivity index (χ3v) is 9.46. The zero-order valence-electron chi connectivity index (χ0n) is 27.1. The van der Waals surface area contributed by atoms with E-state index in [1.807, 2.05) is 14.0 Å². The minimum Gasteiger partial charge on any atom is -0.341 e. The van der Waals surface area contributed by atoms with Gasteiger partial charge in [-0.15, -0.1) is 0 Å². The third kappa shape index (κ3) is 8.25. The van der Waals surface area contributed by atoms with Gasteiger partial charge in [-0.25, -0.2) is 13.4 Å². The SMILES string of the molecule is CCc1nonc1C(=O)N[C@H](C(=O)Nc1ccc([C@H](C)[C@@H](NC(=O)CF)C(=O)N2CCN(C)[C@@H](C)C2)cc1F)C1CCC(C)CC1. The molecule has 1 saturated heterocycles. The molecule has 4 amide bonds. The number of amides is 4. The minimum atomic E-state index is -1.29. The molecule has 2 aromatic rings. The fourth-order valence-corrected chi connectivity index (χ4v) is 6.21. The lowest BCUT2D eigenvalue weighted by atomic mass is 9.79. The van der Waals surface area contributed by atoms with Crippen molar-refractivity contribution < 1.29 is 32.6 Å². The van der Waals surface area contributed by atoms with Crippen LogP contribution < -0.4 is 16.0 Å². The van der Waals surface area contributed by atoms with E-state index in [4.69, 9.17) is 4.63 Å². The standard InChI is InChI=1S/C32H45F2N7O5/c1-6-24-29(39-46-38-24)31(44)37-28(21-9-7-18(2)8-10-21)30(43)35-25-12-11-22(15-23(25)34)20(4)27(36-26(42)16-33)32(45)41-14-13-40(5)19(3)17-41/h11-12,15,18-21,27-28H,6-10,13-14,16-17H2,1-5H3,(H,35,43)(H,36,42)(H,37,44)/t18?,19-,20-,21?,27+,28-/m0/s1. The van der Waals surface area contributed by atoms with Crippen LogP contribution in [0.3, 0.4) is 0 Å². The second-order valence-corrected chi connectivity index (χ2v) is 12.7. The maximum Gasteiger partial charge on any atom is 0.276 e. The number of benzene rings is 1. The molecular formula is C32H45F2N7O5. The molecule has 1 aliphatic carbocycles. The average molecular weight is 646 g/mol. The molecule has 1 saturated carbocycles. The largest absolute Gasteiger partial charge is 0.341 e. The molecule has 14 heteroatoms. The van der Waals surface area contributed by atoms with Crippen molar-refractivity contribution in [3.63, 3.8) is 0 Å². The molecule has 0 bridgehead atoms. The van der Waals surface area contributed by atoms with Crippen LogP contribution >= 0.6 is 0 Å². The molecule has 12 nitrogen and oxygen atoms in total. The number of hydrogen-bond donors (Lipinski definition) is 3. The molecule has 4 atom stereocenters. The maximum absolute atomic E-state index is 15.6. The van der Waals surface area contributed by atoms with Gasteiger partial charge in [0.25, 0.3) is 11.8 Å². The lowest BCUT2D eigenvalue weighted by Crippen LogP contribution is -2.58. The first kappa shape index (κ1) is 34.9. The van der Waals surface area contributed by atoms with Gasteiger partial charge in [-0.3, -0.25) is 19.2 Å². The highest BCUT2D eigenvalue weighted by molar-refractivity contribution is 6.01. The summed E-state index contributed by atoms with van der Waals surface area (Å²) in [5.41, 5.74) is 0.646. The van der Waals surface area contributed by atoms with E-state index in [1.165, 1.54) is 12.1 Å². The monoisotopic (exact) mass is 645 g/mol. The molecule has 252 valence electrons. The van der Waals surface area contributed by atoms with Crippen LogP contribution in [-0.4, -0.2) is 95.2 Å². The summed E-state index contributed by atoms with van der Waals surface area (Å²) in [7, 11) is 1.96. The number of alkyl halides is 1. The molecule has 0 unspecified atom stereocenters. The highest BCUT2D eigenvalue weighted by atomic mass is 19.1. The second kappa shape index (κ2) is 15.6. The average Bonchev–Trinajstić information content (AvgIpc) is 3.53. The van der Waals surface area contributed by atoms with Gasteiger partial charge in [0.15, 0.2) is 12.4 Å². The molecular weight excluding hydrogens is 600 g/mol. The van der Waals surface area contributed by atoms with Gasteiger partial charge in [0.1, 0.15) is 23.6 Å². The topological polar surface area (TPSA) is 150 Å². The molecule has 1 aliphatic heterocycles. The second-order valence-electron chi connectivity index (χ2n) is 12.7. The number of nitrogens with one attached hydrogen (secondary N) is 3. The number of piperazine rings is 1. The van der Waals surface area contributed by atoms with Crippen LogP contribution in [0.1, 0.15) is 81.0 Å². The van der Waals surface area contributed by atoms with Gasteiger partial charge in [0, 0.05) is 31.6 Å². The maximum atomic E-state index is 15.6. The number of aryl methyl sites for hydroxylation is 1. The van der Waals surface area contributed by atoms with Gasteiger partial charge in [0.05, 0.1) is 5.69 Å². The van der Waals surface area contributed by atoms with E-state index in [1.54, 1.807) is 24.8 Å². The summed E-state index contributed by atoms with van der Waals surface area (Å²) in [5, 5.41) is 15.3. The lowest BCUT2D eigenvalue weighted by molar-refractivity contribution is -0.139. The Morgan fingerprint density at radius 3 is 2.41 bits per heavy atom. The summed E-state index contributed by atoms with van der Waals surface area (Å²) in [4.78, 5) is 56.1. The molecule has 3 N–H and O–H groups in total. The van der Waals surface area contributed by atoms with Crippen LogP contribution in [0.5, 0.6) is 0 Å². The van der Waals surface area contributed by atoms with Crippen molar-refractivity contribution in [2.75, 3.05) is 38.7 Å². The van der Waals surface area contributed by atoms with Crippen molar-refractivity contribution >= 4 is 29.3 Å². The first-order valence-corrected chi connectivity index (χ1v) is 16.0. The number of aromatic nitrogens is 2. The number of likely N-dealkylation sites (N-methyl/N-ethyl adjacent to an activating group) is 1. The Bertz CT molecular complexity index is 1400. The Morgan fingerprint density at radius 2 is 1.78 bits per heavy atom. The van der Waals surface area contributed by atoms with Gasteiger partial charge < -0.3 is 25.8 Å². The Labute approximate surface area is 268 Å². The number of rotatable bonds is 11. The van der Waals surface area contributed by atoms with Crippen molar-refractivity contribution in [1.82, 2.24) is 30.7 Å². The number of halogens is 2. The van der Waals surface area contributed by atoms with Crippen LogP contribution in [-0.2, 0) is 20.8 Å². The van der Waals surface area contributed by atoms with Crippen LogP contribution in [0.25, 0.3) is 0 Å². The number of carbonyl (C=O) groups is 4. The van der Waals surface area contributed by atoms with Gasteiger partial charge in [-0.05, 0) is 67.9 Å². The smallest absolute Gasteiger partial charge is 0.276 e. The van der Waals surface area contributed by atoms with E-state index in [0.29, 0.717) is 56.1 Å². The van der Waals surface area contributed by atoms with Crippen molar-refractivity contribution in [2.24, 2.45) is 11.8 Å².